The largest absolute Gasteiger partial charge is 0.389 e. The molecule has 1 aromatic rings. The molecule has 1 fully saturated rings. The Kier molecular flexibility index (Phi) is 7.25. The summed E-state index contributed by atoms with van der Waals surface area (Å²) in [4.78, 5) is 27.8. The summed E-state index contributed by atoms with van der Waals surface area (Å²) in [6.45, 7) is 6.02. The summed E-state index contributed by atoms with van der Waals surface area (Å²) in [6, 6.07) is 9.71. The van der Waals surface area contributed by atoms with Gasteiger partial charge < -0.3 is 15.5 Å². The predicted molar refractivity (Wildman–Crippen MR) is 133 cm³/mol. The van der Waals surface area contributed by atoms with E-state index in [9.17, 15) is 19.8 Å². The predicted octanol–water partition coefficient (Wildman–Crippen LogP) is 3.91. The molecule has 0 saturated carbocycles. The van der Waals surface area contributed by atoms with Gasteiger partial charge in [-0.15, -0.1) is 0 Å². The summed E-state index contributed by atoms with van der Waals surface area (Å²) in [6.07, 6.45) is 9.06. The number of hydrogen-bond acceptors (Lipinski definition) is 4. The first kappa shape index (κ1) is 24.6. The molecule has 5 nitrogen and oxygen atoms in total. The van der Waals surface area contributed by atoms with Crippen LogP contribution in [0.1, 0.15) is 52.0 Å². The quantitative estimate of drug-likeness (QED) is 0.459. The van der Waals surface area contributed by atoms with E-state index in [1.54, 1.807) is 0 Å². The first-order valence-electron chi connectivity index (χ1n) is 12.5. The lowest BCUT2D eigenvalue weighted by molar-refractivity contribution is -0.144. The van der Waals surface area contributed by atoms with E-state index >= 15 is 0 Å². The average molecular weight is 464 g/mol. The monoisotopic (exact) mass is 463 g/mol. The second kappa shape index (κ2) is 10.0. The van der Waals surface area contributed by atoms with Crippen LogP contribution in [0.2, 0.25) is 0 Å². The Bertz CT molecular complexity index is 1010. The Morgan fingerprint density at radius 3 is 2.50 bits per heavy atom. The van der Waals surface area contributed by atoms with Crippen molar-refractivity contribution in [3.63, 3.8) is 0 Å². The summed E-state index contributed by atoms with van der Waals surface area (Å²) in [5, 5.41) is 25.0. The van der Waals surface area contributed by atoms with Gasteiger partial charge in [0.15, 0.2) is 5.78 Å². The highest BCUT2D eigenvalue weighted by Gasteiger charge is 2.66. The van der Waals surface area contributed by atoms with Crippen molar-refractivity contribution >= 4 is 11.7 Å². The van der Waals surface area contributed by atoms with E-state index in [-0.39, 0.29) is 23.7 Å². The third-order valence-electron chi connectivity index (χ3n) is 8.24. The second-order valence-electron chi connectivity index (χ2n) is 10.4. The molecule has 1 heterocycles. The van der Waals surface area contributed by atoms with E-state index < -0.39 is 23.5 Å². The first-order valence-corrected chi connectivity index (χ1v) is 12.5. The molecular weight excluding hydrogens is 426 g/mol. The van der Waals surface area contributed by atoms with Crippen LogP contribution < -0.4 is 5.32 Å². The number of aliphatic hydroxyl groups excluding tert-OH is 2. The maximum atomic E-state index is 13.9. The number of rotatable bonds is 2. The molecule has 1 aliphatic heterocycles. The standard InChI is InChI=1S/C29H37NO4/c1-18-9-7-13-22(31)15-16-25(32)29-23(14-8-10-18)27(33)20(3)19(2)26(29)24(30-28(29)34)17-21-11-5-4-6-12-21/h4-6,8,11-12,14-16,18,22-24,26-27,31,33H,7,9-10,13,17H2,1-3H3,(H,30,34)/b14-8-,16-15-/t18-,22-,23+,24+,26+,27-,29-/m1/s1. The zero-order chi connectivity index (χ0) is 24.5. The van der Waals surface area contributed by atoms with Gasteiger partial charge in [0, 0.05) is 17.9 Å². The minimum atomic E-state index is -1.44. The van der Waals surface area contributed by atoms with Gasteiger partial charge in [-0.3, -0.25) is 9.59 Å². The molecule has 1 saturated heterocycles. The summed E-state index contributed by atoms with van der Waals surface area (Å²) in [5.41, 5.74) is 1.38. The Labute approximate surface area is 202 Å². The number of amides is 1. The lowest BCUT2D eigenvalue weighted by Crippen LogP contribution is -2.55. The number of benzene rings is 1. The van der Waals surface area contributed by atoms with Crippen LogP contribution in [-0.4, -0.2) is 40.2 Å². The lowest BCUT2D eigenvalue weighted by Gasteiger charge is -2.45. The normalized spacial score (nSPS) is 38.6. The van der Waals surface area contributed by atoms with Crippen LogP contribution in [0.15, 0.2) is 65.8 Å². The first-order chi connectivity index (χ1) is 16.3. The SMILES string of the molecule is CC1=C(C)[C@H]2[C@H](Cc3ccccc3)NC(=O)[C@]23C(=O)/C=C\[C@H](O)CCC[C@@H](C)C/C=C\[C@H]3[C@@H]1O. The minimum Gasteiger partial charge on any atom is -0.389 e. The maximum Gasteiger partial charge on any atom is 0.235 e. The van der Waals surface area contributed by atoms with Gasteiger partial charge in [-0.05, 0) is 56.2 Å². The van der Waals surface area contributed by atoms with E-state index in [4.69, 9.17) is 0 Å². The molecule has 1 amide bonds. The van der Waals surface area contributed by atoms with Gasteiger partial charge in [0.1, 0.15) is 5.41 Å². The summed E-state index contributed by atoms with van der Waals surface area (Å²) in [7, 11) is 0. The lowest BCUT2D eigenvalue weighted by atomic mass is 9.55. The van der Waals surface area contributed by atoms with Crippen molar-refractivity contribution in [2.24, 2.45) is 23.2 Å². The highest BCUT2D eigenvalue weighted by atomic mass is 16.3. The molecule has 182 valence electrons. The van der Waals surface area contributed by atoms with Crippen molar-refractivity contribution < 1.29 is 19.8 Å². The molecule has 0 aromatic heterocycles. The maximum absolute atomic E-state index is 13.9. The molecular formula is C29H37NO4. The molecule has 1 aromatic carbocycles. The number of nitrogens with one attached hydrogen (secondary N) is 1. The van der Waals surface area contributed by atoms with Crippen LogP contribution in [-0.2, 0) is 16.0 Å². The summed E-state index contributed by atoms with van der Waals surface area (Å²) in [5.74, 6) is -1.29. The highest BCUT2D eigenvalue weighted by Crippen LogP contribution is 2.55. The molecule has 3 N–H and O–H groups in total. The van der Waals surface area contributed by atoms with Crippen LogP contribution >= 0.6 is 0 Å². The van der Waals surface area contributed by atoms with Crippen molar-refractivity contribution in [1.29, 1.82) is 0 Å². The number of aliphatic hydroxyl groups is 2. The van der Waals surface area contributed by atoms with E-state index in [0.29, 0.717) is 18.8 Å². The molecule has 7 atom stereocenters. The second-order valence-corrected chi connectivity index (χ2v) is 10.4. The van der Waals surface area contributed by atoms with Crippen LogP contribution in [0.5, 0.6) is 0 Å². The van der Waals surface area contributed by atoms with Crippen molar-refractivity contribution in [2.45, 2.75) is 71.1 Å². The number of carbonyl (C=O) groups excluding carboxylic acids is 2. The molecule has 3 aliphatic rings. The smallest absolute Gasteiger partial charge is 0.235 e. The van der Waals surface area contributed by atoms with E-state index in [1.165, 1.54) is 12.2 Å². The number of carbonyl (C=O) groups is 2. The van der Waals surface area contributed by atoms with Crippen LogP contribution in [0.4, 0.5) is 0 Å². The summed E-state index contributed by atoms with van der Waals surface area (Å²) >= 11 is 0. The molecule has 1 spiro atoms. The minimum absolute atomic E-state index is 0.259. The van der Waals surface area contributed by atoms with Gasteiger partial charge in [0.2, 0.25) is 5.91 Å². The van der Waals surface area contributed by atoms with E-state index in [0.717, 1.165) is 36.0 Å². The van der Waals surface area contributed by atoms with Gasteiger partial charge >= 0.3 is 0 Å². The fourth-order valence-electron chi connectivity index (χ4n) is 6.24. The molecule has 4 rings (SSSR count). The zero-order valence-electron chi connectivity index (χ0n) is 20.4. The van der Waals surface area contributed by atoms with E-state index in [1.807, 2.05) is 56.3 Å². The number of allylic oxidation sites excluding steroid dienone is 2. The van der Waals surface area contributed by atoms with Crippen LogP contribution in [0.25, 0.3) is 0 Å². The fraction of sp³-hybridized carbons (Fsp3) is 0.517. The number of ketones is 1. The molecule has 0 unspecified atom stereocenters. The molecule has 0 radical (unpaired) electrons. The Hall–Kier alpha value is -2.50. The Morgan fingerprint density at radius 1 is 1.03 bits per heavy atom. The zero-order valence-corrected chi connectivity index (χ0v) is 20.4. The van der Waals surface area contributed by atoms with Gasteiger partial charge in [-0.25, -0.2) is 0 Å². The molecule has 34 heavy (non-hydrogen) atoms. The number of hydrogen-bond donors (Lipinski definition) is 3. The Morgan fingerprint density at radius 2 is 1.76 bits per heavy atom. The summed E-state index contributed by atoms with van der Waals surface area (Å²) < 4.78 is 0. The van der Waals surface area contributed by atoms with Crippen molar-refractivity contribution in [1.82, 2.24) is 5.32 Å². The highest BCUT2D eigenvalue weighted by molar-refractivity contribution is 6.14. The molecule has 2 aliphatic carbocycles. The van der Waals surface area contributed by atoms with Gasteiger partial charge in [0.05, 0.1) is 12.2 Å². The van der Waals surface area contributed by atoms with Crippen molar-refractivity contribution in [3.05, 3.63) is 71.3 Å². The average Bonchev–Trinajstić information content (AvgIpc) is 3.11. The fourth-order valence-corrected chi connectivity index (χ4v) is 6.24. The molecule has 0 bridgehead atoms. The third kappa shape index (κ3) is 4.32. The van der Waals surface area contributed by atoms with E-state index in [2.05, 4.69) is 12.2 Å². The van der Waals surface area contributed by atoms with Gasteiger partial charge in [-0.1, -0.05) is 73.9 Å². The van der Waals surface area contributed by atoms with Crippen molar-refractivity contribution in [3.8, 4) is 0 Å². The van der Waals surface area contributed by atoms with Gasteiger partial charge in [0.25, 0.3) is 0 Å². The Balaban J connectivity index is 1.85. The molecule has 5 heteroatoms. The van der Waals surface area contributed by atoms with Gasteiger partial charge in [-0.2, -0.15) is 0 Å². The van der Waals surface area contributed by atoms with Crippen LogP contribution in [0.3, 0.4) is 0 Å². The topological polar surface area (TPSA) is 86.6 Å². The van der Waals surface area contributed by atoms with Crippen LogP contribution in [0, 0.1) is 23.2 Å². The van der Waals surface area contributed by atoms with Crippen molar-refractivity contribution in [2.75, 3.05) is 0 Å². The third-order valence-corrected chi connectivity index (χ3v) is 8.24.